The molecule has 1 aromatic heterocycles. The zero-order valence-electron chi connectivity index (χ0n) is 9.25. The van der Waals surface area contributed by atoms with Gasteiger partial charge in [0.1, 0.15) is 5.82 Å². The van der Waals surface area contributed by atoms with Gasteiger partial charge in [0.15, 0.2) is 0 Å². The summed E-state index contributed by atoms with van der Waals surface area (Å²) in [5.41, 5.74) is 1.11. The predicted octanol–water partition coefficient (Wildman–Crippen LogP) is 2.24. The highest BCUT2D eigenvalue weighted by atomic mass is 15.0. The third kappa shape index (κ3) is 3.07. The molecule has 78 valence electrons. The Morgan fingerprint density at radius 3 is 2.43 bits per heavy atom. The van der Waals surface area contributed by atoms with Crippen LogP contribution < -0.4 is 5.32 Å². The highest BCUT2D eigenvalue weighted by Gasteiger charge is 2.10. The minimum atomic E-state index is 0.311. The predicted molar refractivity (Wildman–Crippen MR) is 58.1 cm³/mol. The molecule has 14 heavy (non-hydrogen) atoms. The molecule has 1 aromatic rings. The fourth-order valence-corrected chi connectivity index (χ4v) is 1.44. The Hall–Kier alpha value is -0.960. The van der Waals surface area contributed by atoms with E-state index in [1.807, 2.05) is 19.3 Å². The number of rotatable bonds is 5. The summed E-state index contributed by atoms with van der Waals surface area (Å²) < 4.78 is 0. The first-order valence-corrected chi connectivity index (χ1v) is 5.29. The molecule has 1 N–H and O–H groups in total. The SMILES string of the molecule is CCCC(NCC)c1ncc(C)cn1. The van der Waals surface area contributed by atoms with Crippen LogP contribution in [-0.4, -0.2) is 16.5 Å². The Bertz CT molecular complexity index is 250. The van der Waals surface area contributed by atoms with Crippen molar-refractivity contribution in [3.05, 3.63) is 23.8 Å². The van der Waals surface area contributed by atoms with Crippen molar-refractivity contribution in [3.63, 3.8) is 0 Å². The standard InChI is InChI=1S/C11H19N3/c1-4-6-10(12-5-2)11-13-7-9(3)8-14-11/h7-8,10,12H,4-6H2,1-3H3. The molecule has 1 unspecified atom stereocenters. The van der Waals surface area contributed by atoms with Crippen molar-refractivity contribution in [1.29, 1.82) is 0 Å². The molecule has 3 nitrogen and oxygen atoms in total. The van der Waals surface area contributed by atoms with Crippen LogP contribution in [0.2, 0.25) is 0 Å². The molecule has 0 fully saturated rings. The molecule has 0 spiro atoms. The van der Waals surface area contributed by atoms with E-state index in [4.69, 9.17) is 0 Å². The third-order valence-electron chi connectivity index (χ3n) is 2.14. The average Bonchev–Trinajstić information content (AvgIpc) is 2.19. The van der Waals surface area contributed by atoms with E-state index >= 15 is 0 Å². The maximum atomic E-state index is 4.34. The molecule has 1 heterocycles. The van der Waals surface area contributed by atoms with Crippen molar-refractivity contribution in [2.24, 2.45) is 0 Å². The lowest BCUT2D eigenvalue weighted by Gasteiger charge is -2.15. The Balaban J connectivity index is 2.71. The number of hydrogen-bond acceptors (Lipinski definition) is 3. The summed E-state index contributed by atoms with van der Waals surface area (Å²) >= 11 is 0. The minimum Gasteiger partial charge on any atom is -0.308 e. The third-order valence-corrected chi connectivity index (χ3v) is 2.14. The van der Waals surface area contributed by atoms with Crippen molar-refractivity contribution in [1.82, 2.24) is 15.3 Å². The summed E-state index contributed by atoms with van der Waals surface area (Å²) in [5, 5.41) is 3.39. The van der Waals surface area contributed by atoms with Crippen molar-refractivity contribution >= 4 is 0 Å². The van der Waals surface area contributed by atoms with Gasteiger partial charge in [0.2, 0.25) is 0 Å². The van der Waals surface area contributed by atoms with Gasteiger partial charge in [0.05, 0.1) is 6.04 Å². The summed E-state index contributed by atoms with van der Waals surface area (Å²) in [6.45, 7) is 7.25. The van der Waals surface area contributed by atoms with E-state index in [0.717, 1.165) is 30.8 Å². The molecule has 0 aromatic carbocycles. The Morgan fingerprint density at radius 1 is 1.29 bits per heavy atom. The molecule has 3 heteroatoms. The van der Waals surface area contributed by atoms with Gasteiger partial charge >= 0.3 is 0 Å². The maximum absolute atomic E-state index is 4.34. The second-order valence-corrected chi connectivity index (χ2v) is 3.52. The zero-order chi connectivity index (χ0) is 10.4. The van der Waals surface area contributed by atoms with Crippen LogP contribution in [0.15, 0.2) is 12.4 Å². The van der Waals surface area contributed by atoms with E-state index in [-0.39, 0.29) is 0 Å². The van der Waals surface area contributed by atoms with Gasteiger partial charge in [-0.25, -0.2) is 9.97 Å². The lowest BCUT2D eigenvalue weighted by Crippen LogP contribution is -2.22. The highest BCUT2D eigenvalue weighted by molar-refractivity contribution is 5.04. The normalized spacial score (nSPS) is 12.8. The maximum Gasteiger partial charge on any atom is 0.145 e. The monoisotopic (exact) mass is 193 g/mol. The molecule has 1 rings (SSSR count). The summed E-state index contributed by atoms with van der Waals surface area (Å²) in [6.07, 6.45) is 6.00. The van der Waals surface area contributed by atoms with E-state index in [2.05, 4.69) is 29.1 Å². The second-order valence-electron chi connectivity index (χ2n) is 3.52. The largest absolute Gasteiger partial charge is 0.308 e. The lowest BCUT2D eigenvalue weighted by atomic mass is 10.1. The van der Waals surface area contributed by atoms with Crippen LogP contribution in [0.4, 0.5) is 0 Å². The van der Waals surface area contributed by atoms with Crippen LogP contribution >= 0.6 is 0 Å². The lowest BCUT2D eigenvalue weighted by molar-refractivity contribution is 0.484. The number of nitrogens with zero attached hydrogens (tertiary/aromatic N) is 2. The molecule has 0 saturated carbocycles. The first-order chi connectivity index (χ1) is 6.77. The van der Waals surface area contributed by atoms with E-state index in [1.54, 1.807) is 0 Å². The molecule has 1 atom stereocenters. The Kier molecular flexibility index (Phi) is 4.53. The Morgan fingerprint density at radius 2 is 1.93 bits per heavy atom. The summed E-state index contributed by atoms with van der Waals surface area (Å²) in [5.74, 6) is 0.916. The Labute approximate surface area is 86.0 Å². The van der Waals surface area contributed by atoms with Crippen LogP contribution in [0, 0.1) is 6.92 Å². The fourth-order valence-electron chi connectivity index (χ4n) is 1.44. The minimum absolute atomic E-state index is 0.311. The van der Waals surface area contributed by atoms with Gasteiger partial charge in [0, 0.05) is 12.4 Å². The molecule has 0 radical (unpaired) electrons. The number of aryl methyl sites for hydroxylation is 1. The van der Waals surface area contributed by atoms with E-state index < -0.39 is 0 Å². The molecule has 0 aliphatic rings. The fraction of sp³-hybridized carbons (Fsp3) is 0.636. The van der Waals surface area contributed by atoms with Crippen LogP contribution in [0.3, 0.4) is 0 Å². The van der Waals surface area contributed by atoms with Gasteiger partial charge < -0.3 is 5.32 Å². The van der Waals surface area contributed by atoms with Crippen molar-refractivity contribution < 1.29 is 0 Å². The number of aromatic nitrogens is 2. The van der Waals surface area contributed by atoms with Gasteiger partial charge in [-0.15, -0.1) is 0 Å². The van der Waals surface area contributed by atoms with Gasteiger partial charge in [-0.05, 0) is 25.5 Å². The van der Waals surface area contributed by atoms with E-state index in [1.165, 1.54) is 0 Å². The van der Waals surface area contributed by atoms with Gasteiger partial charge in [0.25, 0.3) is 0 Å². The van der Waals surface area contributed by atoms with Crippen LogP contribution in [0.1, 0.15) is 44.1 Å². The van der Waals surface area contributed by atoms with Crippen molar-refractivity contribution in [2.45, 2.75) is 39.7 Å². The average molecular weight is 193 g/mol. The van der Waals surface area contributed by atoms with Crippen LogP contribution in [0.5, 0.6) is 0 Å². The molecule has 0 aliphatic carbocycles. The van der Waals surface area contributed by atoms with E-state index in [9.17, 15) is 0 Å². The number of hydrogen-bond donors (Lipinski definition) is 1. The molecule has 0 saturated heterocycles. The molecular formula is C11H19N3. The smallest absolute Gasteiger partial charge is 0.145 e. The highest BCUT2D eigenvalue weighted by Crippen LogP contribution is 2.13. The van der Waals surface area contributed by atoms with Gasteiger partial charge in [-0.1, -0.05) is 20.3 Å². The van der Waals surface area contributed by atoms with Crippen molar-refractivity contribution in [2.75, 3.05) is 6.54 Å². The topological polar surface area (TPSA) is 37.8 Å². The summed E-state index contributed by atoms with van der Waals surface area (Å²) in [4.78, 5) is 8.68. The number of nitrogens with one attached hydrogen (secondary N) is 1. The first-order valence-electron chi connectivity index (χ1n) is 5.29. The zero-order valence-corrected chi connectivity index (χ0v) is 9.25. The van der Waals surface area contributed by atoms with Gasteiger partial charge in [-0.3, -0.25) is 0 Å². The molecule has 0 aliphatic heterocycles. The first kappa shape index (κ1) is 11.1. The second kappa shape index (κ2) is 5.70. The molecular weight excluding hydrogens is 174 g/mol. The van der Waals surface area contributed by atoms with Crippen molar-refractivity contribution in [3.8, 4) is 0 Å². The quantitative estimate of drug-likeness (QED) is 0.779. The molecule has 0 bridgehead atoms. The summed E-state index contributed by atoms with van der Waals surface area (Å²) in [6, 6.07) is 0.311. The molecule has 0 amide bonds. The van der Waals surface area contributed by atoms with E-state index in [0.29, 0.717) is 6.04 Å². The van der Waals surface area contributed by atoms with Gasteiger partial charge in [-0.2, -0.15) is 0 Å². The summed E-state index contributed by atoms with van der Waals surface area (Å²) in [7, 11) is 0. The van der Waals surface area contributed by atoms with Crippen LogP contribution in [0.25, 0.3) is 0 Å². The van der Waals surface area contributed by atoms with Crippen LogP contribution in [-0.2, 0) is 0 Å².